The maximum Gasteiger partial charge on any atom is 0.417 e. The molecule has 5 rings (SSSR count). The Morgan fingerprint density at radius 2 is 1.95 bits per heavy atom. The van der Waals surface area contributed by atoms with Gasteiger partial charge in [-0.3, -0.25) is 9.59 Å². The number of alkyl halides is 3. The van der Waals surface area contributed by atoms with E-state index in [1.165, 1.54) is 23.5 Å². The molecule has 0 saturated carbocycles. The summed E-state index contributed by atoms with van der Waals surface area (Å²) >= 11 is 4.91. The van der Waals surface area contributed by atoms with Crippen LogP contribution in [0, 0.1) is 5.82 Å². The highest BCUT2D eigenvalue weighted by Gasteiger charge is 2.32. The van der Waals surface area contributed by atoms with Crippen molar-refractivity contribution < 1.29 is 27.2 Å². The Balaban J connectivity index is 1.17. The number of nitrogens with zero attached hydrogens (tertiary/aromatic N) is 4. The molecule has 200 valence electrons. The van der Waals surface area contributed by atoms with Crippen LogP contribution < -0.4 is 5.56 Å². The Kier molecular flexibility index (Phi) is 7.40. The smallest absolute Gasteiger partial charge is 0.387 e. The number of carbonyl (C=O) groups is 1. The third-order valence-electron chi connectivity index (χ3n) is 6.60. The van der Waals surface area contributed by atoms with Gasteiger partial charge in [-0.05, 0) is 37.1 Å². The number of aromatic nitrogens is 2. The van der Waals surface area contributed by atoms with Crippen LogP contribution in [0.4, 0.5) is 17.6 Å². The Bertz CT molecular complexity index is 1450. The highest BCUT2D eigenvalue weighted by atomic mass is 79.9. The van der Waals surface area contributed by atoms with Crippen molar-refractivity contribution in [3.05, 3.63) is 84.4 Å². The topological polar surface area (TPSA) is 76.8 Å². The fourth-order valence-electron chi connectivity index (χ4n) is 4.51. The normalized spacial score (nSPS) is 18.4. The van der Waals surface area contributed by atoms with Gasteiger partial charge in [0, 0.05) is 53.1 Å². The van der Waals surface area contributed by atoms with Gasteiger partial charge in [-0.15, -0.1) is 11.3 Å². The van der Waals surface area contributed by atoms with Crippen molar-refractivity contribution in [1.29, 1.82) is 0 Å². The summed E-state index contributed by atoms with van der Waals surface area (Å²) in [5.41, 5.74) is 0.400. The lowest BCUT2D eigenvalue weighted by Crippen LogP contribution is -2.41. The maximum absolute atomic E-state index is 13.7. The standard InChI is InChI=1S/C25H21BrF4N4O3S/c26-18-3-2-16(27)9-17(18)21-10-19(32-37-21)20-13-38-24(31-20)14-5-7-33(8-6-14)23(36)12-34-11-15(25(28,29)30)1-4-22(34)35/h1-4,9,11,13-14,21H,5-8,10,12H2. The molecule has 3 aromatic rings. The van der Waals surface area contributed by atoms with Crippen molar-refractivity contribution in [1.82, 2.24) is 14.5 Å². The van der Waals surface area contributed by atoms with Crippen LogP contribution in [0.1, 0.15) is 53.1 Å². The molecule has 0 bridgehead atoms. The van der Waals surface area contributed by atoms with Crippen LogP contribution in [0.3, 0.4) is 0 Å². The second-order valence-corrected chi connectivity index (χ2v) is 10.9. The van der Waals surface area contributed by atoms with Gasteiger partial charge in [-0.1, -0.05) is 21.1 Å². The lowest BCUT2D eigenvalue weighted by molar-refractivity contribution is -0.139. The molecule has 1 fully saturated rings. The number of piperidine rings is 1. The van der Waals surface area contributed by atoms with E-state index in [1.807, 2.05) is 5.38 Å². The van der Waals surface area contributed by atoms with Gasteiger partial charge in [0.15, 0.2) is 6.10 Å². The third kappa shape index (κ3) is 5.68. The molecule has 1 unspecified atom stereocenters. The average Bonchev–Trinajstić information content (AvgIpc) is 3.56. The summed E-state index contributed by atoms with van der Waals surface area (Å²) in [6, 6.07) is 5.93. The van der Waals surface area contributed by atoms with E-state index in [2.05, 4.69) is 21.1 Å². The number of pyridine rings is 1. The number of oxime groups is 1. The fraction of sp³-hybridized carbons (Fsp3) is 0.360. The minimum absolute atomic E-state index is 0.116. The minimum atomic E-state index is -4.60. The van der Waals surface area contributed by atoms with E-state index in [1.54, 1.807) is 11.0 Å². The average molecular weight is 613 g/mol. The molecule has 2 aliphatic rings. The lowest BCUT2D eigenvalue weighted by atomic mass is 9.97. The van der Waals surface area contributed by atoms with Gasteiger partial charge >= 0.3 is 6.18 Å². The van der Waals surface area contributed by atoms with E-state index in [0.29, 0.717) is 61.6 Å². The van der Waals surface area contributed by atoms with Gasteiger partial charge in [-0.25, -0.2) is 9.37 Å². The van der Waals surface area contributed by atoms with E-state index >= 15 is 0 Å². The largest absolute Gasteiger partial charge is 0.417 e. The quantitative estimate of drug-likeness (QED) is 0.357. The number of hydrogen-bond donors (Lipinski definition) is 0. The van der Waals surface area contributed by atoms with Crippen molar-refractivity contribution in [3.8, 4) is 0 Å². The summed E-state index contributed by atoms with van der Waals surface area (Å²) in [4.78, 5) is 36.5. The summed E-state index contributed by atoms with van der Waals surface area (Å²) < 4.78 is 54.2. The Morgan fingerprint density at radius 1 is 1.18 bits per heavy atom. The van der Waals surface area contributed by atoms with Gasteiger partial charge in [0.05, 0.1) is 16.3 Å². The molecular weight excluding hydrogens is 592 g/mol. The molecule has 4 heterocycles. The molecule has 0 N–H and O–H groups in total. The highest BCUT2D eigenvalue weighted by Crippen LogP contribution is 2.36. The molecule has 0 spiro atoms. The number of amides is 1. The van der Waals surface area contributed by atoms with Crippen molar-refractivity contribution in [2.45, 2.75) is 44.0 Å². The first kappa shape index (κ1) is 26.5. The van der Waals surface area contributed by atoms with Crippen LogP contribution in [0.2, 0.25) is 0 Å². The zero-order valence-electron chi connectivity index (χ0n) is 19.8. The van der Waals surface area contributed by atoms with Crippen molar-refractivity contribution >= 4 is 38.9 Å². The number of hydrogen-bond acceptors (Lipinski definition) is 6. The Hall–Kier alpha value is -3.06. The number of halogens is 5. The number of thiazole rings is 1. The van der Waals surface area contributed by atoms with Crippen LogP contribution >= 0.6 is 27.3 Å². The summed E-state index contributed by atoms with van der Waals surface area (Å²) in [6.07, 6.45) is -2.62. The second kappa shape index (κ2) is 10.6. The molecular formula is C25H21BrF4N4O3S. The zero-order chi connectivity index (χ0) is 27.0. The SMILES string of the molecule is O=C(Cn1cc(C(F)(F)F)ccc1=O)N1CCC(c2nc(C3=NOC(c4cc(F)ccc4Br)C3)cs2)CC1. The lowest BCUT2D eigenvalue weighted by Gasteiger charge is -2.31. The van der Waals surface area contributed by atoms with Crippen LogP contribution in [0.5, 0.6) is 0 Å². The first-order valence-corrected chi connectivity index (χ1v) is 13.4. The van der Waals surface area contributed by atoms with Crippen molar-refractivity contribution in [2.24, 2.45) is 5.16 Å². The Labute approximate surface area is 226 Å². The molecule has 1 aromatic carbocycles. The van der Waals surface area contributed by atoms with Gasteiger partial charge in [0.1, 0.15) is 18.1 Å². The van der Waals surface area contributed by atoms with Crippen LogP contribution in [-0.2, 0) is 22.4 Å². The number of likely N-dealkylation sites (tertiary alicyclic amines) is 1. The van der Waals surface area contributed by atoms with E-state index in [-0.39, 0.29) is 11.7 Å². The van der Waals surface area contributed by atoms with Crippen LogP contribution in [0.15, 0.2) is 56.3 Å². The molecule has 13 heteroatoms. The summed E-state index contributed by atoms with van der Waals surface area (Å²) in [6.45, 7) is 0.370. The number of benzene rings is 1. The van der Waals surface area contributed by atoms with Crippen LogP contribution in [0.25, 0.3) is 0 Å². The van der Waals surface area contributed by atoms with E-state index in [9.17, 15) is 27.2 Å². The summed E-state index contributed by atoms with van der Waals surface area (Å²) in [5, 5.41) is 6.97. The molecule has 0 aliphatic carbocycles. The summed E-state index contributed by atoms with van der Waals surface area (Å²) in [7, 11) is 0. The van der Waals surface area contributed by atoms with Crippen molar-refractivity contribution in [2.75, 3.05) is 13.1 Å². The maximum atomic E-state index is 13.7. The predicted molar refractivity (Wildman–Crippen MR) is 135 cm³/mol. The molecule has 1 atom stereocenters. The van der Waals surface area contributed by atoms with E-state index in [0.717, 1.165) is 20.1 Å². The predicted octanol–water partition coefficient (Wildman–Crippen LogP) is 5.50. The number of rotatable bonds is 5. The second-order valence-electron chi connectivity index (χ2n) is 9.11. The first-order valence-electron chi connectivity index (χ1n) is 11.8. The van der Waals surface area contributed by atoms with E-state index < -0.39 is 35.9 Å². The first-order chi connectivity index (χ1) is 18.1. The molecule has 7 nitrogen and oxygen atoms in total. The molecule has 2 aliphatic heterocycles. The third-order valence-corrected chi connectivity index (χ3v) is 8.33. The molecule has 1 amide bonds. The van der Waals surface area contributed by atoms with Gasteiger partial charge < -0.3 is 14.3 Å². The molecule has 2 aromatic heterocycles. The van der Waals surface area contributed by atoms with Crippen LogP contribution in [-0.4, -0.2) is 39.2 Å². The monoisotopic (exact) mass is 612 g/mol. The molecule has 1 saturated heterocycles. The van der Waals surface area contributed by atoms with E-state index in [4.69, 9.17) is 9.82 Å². The molecule has 38 heavy (non-hydrogen) atoms. The fourth-order valence-corrected chi connectivity index (χ4v) is 6.01. The number of carbonyl (C=O) groups excluding carboxylic acids is 1. The van der Waals surface area contributed by atoms with Crippen molar-refractivity contribution in [3.63, 3.8) is 0 Å². The highest BCUT2D eigenvalue weighted by molar-refractivity contribution is 9.10. The van der Waals surface area contributed by atoms with Gasteiger partial charge in [0.25, 0.3) is 5.56 Å². The molecule has 0 radical (unpaired) electrons. The Morgan fingerprint density at radius 3 is 2.68 bits per heavy atom. The minimum Gasteiger partial charge on any atom is -0.387 e. The summed E-state index contributed by atoms with van der Waals surface area (Å²) in [5.74, 6) is -0.648. The van der Waals surface area contributed by atoms with Gasteiger partial charge in [0.2, 0.25) is 5.91 Å². The zero-order valence-corrected chi connectivity index (χ0v) is 22.2. The van der Waals surface area contributed by atoms with Gasteiger partial charge in [-0.2, -0.15) is 13.2 Å².